The van der Waals surface area contributed by atoms with Crippen molar-refractivity contribution in [2.75, 3.05) is 28.4 Å². The molecule has 1 aromatic carbocycles. The van der Waals surface area contributed by atoms with Crippen molar-refractivity contribution in [3.63, 3.8) is 0 Å². The Hall–Kier alpha value is -4.46. The molecule has 0 spiro atoms. The standard InChI is InChI=1S/C30H24N4O4.Cu/c1-35-27-16-25(28(36-2)30(38-4)29(27)37-3)24-14-23-13-21-8-7-19(32-21)11-17-5-6-18(31-17)12-20-9-10-22(33-20)15-26(24)34-23;/h5-16H,1-4H3;. The molecule has 5 aliphatic heterocycles. The average molecular weight is 568 g/mol. The molecule has 0 fully saturated rings. The van der Waals surface area contributed by atoms with Crippen molar-refractivity contribution in [3.05, 3.63) is 101 Å². The first-order chi connectivity index (χ1) is 18.6. The van der Waals surface area contributed by atoms with Crippen LogP contribution in [-0.2, 0) is 17.1 Å². The Kier molecular flexibility index (Phi) is 7.19. The second kappa shape index (κ2) is 10.7. The molecule has 9 heteroatoms. The van der Waals surface area contributed by atoms with Crippen LogP contribution in [0.15, 0.2) is 116 Å². The van der Waals surface area contributed by atoms with E-state index in [1.54, 1.807) is 28.4 Å². The van der Waals surface area contributed by atoms with E-state index in [-0.39, 0.29) is 17.1 Å². The normalized spacial score (nSPS) is 18.1. The van der Waals surface area contributed by atoms with Gasteiger partial charge in [-0.15, -0.1) is 0 Å². The molecule has 39 heavy (non-hydrogen) atoms. The molecule has 0 atom stereocenters. The first-order valence-corrected chi connectivity index (χ1v) is 11.9. The summed E-state index contributed by atoms with van der Waals surface area (Å²) in [5.41, 5.74) is 7.91. The molecular weight excluding hydrogens is 544 g/mol. The predicted octanol–water partition coefficient (Wildman–Crippen LogP) is 5.14. The van der Waals surface area contributed by atoms with Crippen LogP contribution in [0.1, 0.15) is 5.56 Å². The van der Waals surface area contributed by atoms with Gasteiger partial charge in [0.15, 0.2) is 11.5 Å². The van der Waals surface area contributed by atoms with Gasteiger partial charge in [0.05, 0.1) is 74.1 Å². The Morgan fingerprint density at radius 3 is 1.51 bits per heavy atom. The summed E-state index contributed by atoms with van der Waals surface area (Å²) in [6, 6.07) is 1.87. The SMILES string of the molecule is COc1cc(C2=CC3=CC4=NC(=CC5=NC(=CC6=NC(=CC2=N3)C=C6)C=C5)C=C4)c(OC)c(OC)c1OC.[Cu]. The van der Waals surface area contributed by atoms with Gasteiger partial charge in [-0.05, 0) is 72.9 Å². The third-order valence-electron chi connectivity index (χ3n) is 6.32. The summed E-state index contributed by atoms with van der Waals surface area (Å²) < 4.78 is 22.7. The summed E-state index contributed by atoms with van der Waals surface area (Å²) in [5, 5.41) is 0. The molecule has 0 saturated heterocycles. The van der Waals surface area contributed by atoms with Gasteiger partial charge in [0.25, 0.3) is 0 Å². The summed E-state index contributed by atoms with van der Waals surface area (Å²) >= 11 is 0. The molecule has 8 bridgehead atoms. The molecule has 0 amide bonds. The summed E-state index contributed by atoms with van der Waals surface area (Å²) in [6.45, 7) is 0. The van der Waals surface area contributed by atoms with Crippen LogP contribution in [0.3, 0.4) is 0 Å². The van der Waals surface area contributed by atoms with Crippen LogP contribution in [0.5, 0.6) is 23.0 Å². The van der Waals surface area contributed by atoms with Crippen LogP contribution < -0.4 is 18.9 Å². The number of benzene rings is 1. The quantitative estimate of drug-likeness (QED) is 0.461. The zero-order chi connectivity index (χ0) is 26.2. The smallest absolute Gasteiger partial charge is 0.207 e. The minimum absolute atomic E-state index is 0. The van der Waals surface area contributed by atoms with Crippen molar-refractivity contribution in [1.82, 2.24) is 0 Å². The van der Waals surface area contributed by atoms with E-state index < -0.39 is 0 Å². The zero-order valence-corrected chi connectivity index (χ0v) is 22.6. The number of ether oxygens (including phenoxy) is 4. The number of allylic oxidation sites excluding steroid dienone is 12. The molecule has 6 rings (SSSR count). The van der Waals surface area contributed by atoms with Crippen molar-refractivity contribution in [3.8, 4) is 23.0 Å². The Morgan fingerprint density at radius 2 is 1.00 bits per heavy atom. The van der Waals surface area contributed by atoms with Crippen LogP contribution in [0, 0.1) is 0 Å². The van der Waals surface area contributed by atoms with Crippen molar-refractivity contribution in [2.45, 2.75) is 0 Å². The summed E-state index contributed by atoms with van der Waals surface area (Å²) in [6.07, 6.45) is 21.6. The van der Waals surface area contributed by atoms with E-state index in [1.165, 1.54) is 0 Å². The summed E-state index contributed by atoms with van der Waals surface area (Å²) in [7, 11) is 6.31. The Bertz CT molecular complexity index is 1640. The Labute approximate surface area is 236 Å². The molecule has 0 N–H and O–H groups in total. The van der Waals surface area contributed by atoms with Gasteiger partial charge in [-0.2, -0.15) is 0 Å². The molecule has 1 radical (unpaired) electrons. The fourth-order valence-electron chi connectivity index (χ4n) is 4.65. The number of hydrogen-bond acceptors (Lipinski definition) is 8. The second-order valence-electron chi connectivity index (χ2n) is 8.67. The number of aliphatic imine (C=N–C) groups is 4. The van der Waals surface area contributed by atoms with Gasteiger partial charge in [-0.1, -0.05) is 0 Å². The van der Waals surface area contributed by atoms with Crippen molar-refractivity contribution < 1.29 is 36.0 Å². The van der Waals surface area contributed by atoms with Gasteiger partial charge in [-0.25, -0.2) is 20.0 Å². The molecule has 0 aliphatic carbocycles. The average Bonchev–Trinajstić information content (AvgIpc) is 3.72. The Balaban J connectivity index is 0.00000308. The zero-order valence-electron chi connectivity index (χ0n) is 21.7. The minimum atomic E-state index is 0. The maximum atomic E-state index is 5.81. The van der Waals surface area contributed by atoms with Crippen LogP contribution >= 0.6 is 0 Å². The van der Waals surface area contributed by atoms with Gasteiger partial charge in [-0.3, -0.25) is 0 Å². The second-order valence-corrected chi connectivity index (χ2v) is 8.67. The minimum Gasteiger partial charge on any atom is -0.493 e. The van der Waals surface area contributed by atoms with Crippen molar-refractivity contribution in [2.24, 2.45) is 20.0 Å². The topological polar surface area (TPSA) is 86.4 Å². The third-order valence-corrected chi connectivity index (χ3v) is 6.32. The van der Waals surface area contributed by atoms with E-state index in [1.807, 2.05) is 72.9 Å². The van der Waals surface area contributed by atoms with Crippen molar-refractivity contribution in [1.29, 1.82) is 0 Å². The van der Waals surface area contributed by atoms with E-state index in [0.717, 1.165) is 51.1 Å². The predicted molar refractivity (Wildman–Crippen MR) is 150 cm³/mol. The molecule has 5 heterocycles. The molecule has 0 saturated carbocycles. The maximum absolute atomic E-state index is 5.81. The fourth-order valence-corrected chi connectivity index (χ4v) is 4.65. The van der Waals surface area contributed by atoms with Crippen LogP contribution in [0.4, 0.5) is 0 Å². The number of methoxy groups -OCH3 is 4. The van der Waals surface area contributed by atoms with Crippen LogP contribution in [-0.4, -0.2) is 51.3 Å². The van der Waals surface area contributed by atoms with Crippen LogP contribution in [0.25, 0.3) is 5.57 Å². The molecular formula is C30H24CuN4O4. The largest absolute Gasteiger partial charge is 0.493 e. The molecule has 1 aromatic rings. The van der Waals surface area contributed by atoms with Gasteiger partial charge < -0.3 is 18.9 Å². The van der Waals surface area contributed by atoms with Gasteiger partial charge >= 0.3 is 0 Å². The number of fused-ring (bicyclic) bond motifs is 4. The number of hydrogen-bond donors (Lipinski definition) is 0. The number of nitrogens with zero attached hydrogens (tertiary/aromatic N) is 4. The van der Waals surface area contributed by atoms with Crippen molar-refractivity contribution >= 4 is 28.4 Å². The molecule has 0 unspecified atom stereocenters. The Morgan fingerprint density at radius 1 is 0.487 bits per heavy atom. The summed E-state index contributed by atoms with van der Waals surface area (Å²) in [5.74, 6) is 1.90. The van der Waals surface area contributed by atoms with E-state index in [0.29, 0.717) is 28.7 Å². The molecule has 199 valence electrons. The van der Waals surface area contributed by atoms with Crippen LogP contribution in [0.2, 0.25) is 0 Å². The number of rotatable bonds is 5. The molecule has 0 aromatic heterocycles. The van der Waals surface area contributed by atoms with Gasteiger partial charge in [0.2, 0.25) is 11.5 Å². The van der Waals surface area contributed by atoms with E-state index in [4.69, 9.17) is 33.9 Å². The monoisotopic (exact) mass is 567 g/mol. The first kappa shape index (κ1) is 26.2. The van der Waals surface area contributed by atoms with E-state index >= 15 is 0 Å². The summed E-state index contributed by atoms with van der Waals surface area (Å²) in [4.78, 5) is 19.1. The van der Waals surface area contributed by atoms with Gasteiger partial charge in [0.1, 0.15) is 0 Å². The maximum Gasteiger partial charge on any atom is 0.207 e. The third kappa shape index (κ3) is 4.90. The fraction of sp³-hybridized carbons (Fsp3) is 0.133. The van der Waals surface area contributed by atoms with Gasteiger partial charge in [0, 0.05) is 28.2 Å². The molecule has 5 aliphatic rings. The van der Waals surface area contributed by atoms with E-state index in [2.05, 4.69) is 4.99 Å². The van der Waals surface area contributed by atoms with E-state index in [9.17, 15) is 0 Å². The first-order valence-electron chi connectivity index (χ1n) is 11.9. The molecule has 8 nitrogen and oxygen atoms in total.